The molecule has 0 aliphatic rings. The van der Waals surface area contributed by atoms with Crippen molar-refractivity contribution in [3.8, 4) is 24.0 Å². The van der Waals surface area contributed by atoms with Gasteiger partial charge in [-0.15, -0.1) is 12.8 Å². The number of pyridine rings is 1. The number of aromatic nitrogens is 3. The van der Waals surface area contributed by atoms with Crippen LogP contribution in [-0.4, -0.2) is 15.0 Å². The number of aromatic amines is 1. The van der Waals surface area contributed by atoms with E-state index in [1.807, 2.05) is 18.2 Å². The molecule has 0 bridgehead atoms. The third-order valence-corrected chi connectivity index (χ3v) is 3.39. The van der Waals surface area contributed by atoms with Gasteiger partial charge in [-0.1, -0.05) is 45.6 Å². The molecule has 0 saturated carbocycles. The van der Waals surface area contributed by atoms with E-state index >= 15 is 0 Å². The molecule has 0 atom stereocenters. The number of nitrogens with zero attached hydrogens (tertiary/aromatic N) is 2. The lowest BCUT2D eigenvalue weighted by molar-refractivity contribution is 0.702. The van der Waals surface area contributed by atoms with Gasteiger partial charge in [0.1, 0.15) is 0 Å². The SMILES string of the molecule is C#C.CCCCCC.c1cc(-c2ccc3nc[nH]c3c2)ccn1. The molecule has 0 saturated heterocycles. The van der Waals surface area contributed by atoms with E-state index in [0.29, 0.717) is 0 Å². The fraction of sp³-hybridized carbons (Fsp3) is 0.300. The van der Waals surface area contributed by atoms with E-state index in [2.05, 4.69) is 53.8 Å². The molecule has 0 fully saturated rings. The van der Waals surface area contributed by atoms with Crippen molar-refractivity contribution in [1.82, 2.24) is 15.0 Å². The Balaban J connectivity index is 0.000000284. The standard InChI is InChI=1S/C12H9N3.C6H14.C2H2/c1-2-11-12(15-8-14-11)7-10(1)9-3-5-13-6-4-9;1-3-5-6-4-2;1-2/h1-8H,(H,14,15);3-6H2,1-2H3;1-2H. The van der Waals surface area contributed by atoms with Crippen LogP contribution in [0.5, 0.6) is 0 Å². The van der Waals surface area contributed by atoms with E-state index in [-0.39, 0.29) is 0 Å². The van der Waals surface area contributed by atoms with Gasteiger partial charge in [-0.25, -0.2) is 4.98 Å². The van der Waals surface area contributed by atoms with Crippen LogP contribution in [0.3, 0.4) is 0 Å². The zero-order chi connectivity index (χ0) is 16.9. The largest absolute Gasteiger partial charge is 0.345 e. The molecule has 120 valence electrons. The zero-order valence-electron chi connectivity index (χ0n) is 14.0. The number of rotatable bonds is 4. The molecule has 23 heavy (non-hydrogen) atoms. The predicted octanol–water partition coefficient (Wildman–Crippen LogP) is 5.46. The molecule has 0 radical (unpaired) electrons. The molecule has 1 N–H and O–H groups in total. The minimum Gasteiger partial charge on any atom is -0.345 e. The summed E-state index contributed by atoms with van der Waals surface area (Å²) in [4.78, 5) is 11.3. The first-order valence-corrected chi connectivity index (χ1v) is 8.02. The molecule has 2 aromatic heterocycles. The van der Waals surface area contributed by atoms with Crippen molar-refractivity contribution in [2.24, 2.45) is 0 Å². The molecule has 1 aromatic carbocycles. The van der Waals surface area contributed by atoms with E-state index in [1.54, 1.807) is 18.7 Å². The third kappa shape index (κ3) is 5.96. The summed E-state index contributed by atoms with van der Waals surface area (Å²) in [6.07, 6.45) is 18.8. The molecule has 3 rings (SSSR count). The lowest BCUT2D eigenvalue weighted by Crippen LogP contribution is -1.78. The molecular weight excluding hydrogens is 282 g/mol. The van der Waals surface area contributed by atoms with Gasteiger partial charge < -0.3 is 4.98 Å². The Bertz CT molecular complexity index is 679. The van der Waals surface area contributed by atoms with Crippen molar-refractivity contribution in [3.63, 3.8) is 0 Å². The van der Waals surface area contributed by atoms with Crippen molar-refractivity contribution in [2.75, 3.05) is 0 Å². The first-order valence-electron chi connectivity index (χ1n) is 8.02. The smallest absolute Gasteiger partial charge is 0.0931 e. The monoisotopic (exact) mass is 307 g/mol. The first kappa shape index (κ1) is 18.4. The zero-order valence-corrected chi connectivity index (χ0v) is 14.0. The Morgan fingerprint density at radius 1 is 0.913 bits per heavy atom. The summed E-state index contributed by atoms with van der Waals surface area (Å²) in [5.74, 6) is 0. The topological polar surface area (TPSA) is 41.6 Å². The average molecular weight is 307 g/mol. The summed E-state index contributed by atoms with van der Waals surface area (Å²) < 4.78 is 0. The lowest BCUT2D eigenvalue weighted by Gasteiger charge is -2.00. The molecule has 0 amide bonds. The Hall–Kier alpha value is -2.60. The van der Waals surface area contributed by atoms with Gasteiger partial charge in [-0.3, -0.25) is 4.98 Å². The minimum absolute atomic E-state index is 0.993. The first-order chi connectivity index (χ1) is 11.3. The molecular formula is C20H25N3. The van der Waals surface area contributed by atoms with E-state index < -0.39 is 0 Å². The van der Waals surface area contributed by atoms with Gasteiger partial charge in [0.25, 0.3) is 0 Å². The van der Waals surface area contributed by atoms with E-state index in [1.165, 1.54) is 36.8 Å². The second-order valence-electron chi connectivity index (χ2n) is 5.08. The maximum atomic E-state index is 4.19. The Morgan fingerprint density at radius 2 is 1.57 bits per heavy atom. The Labute approximate surface area is 139 Å². The van der Waals surface area contributed by atoms with Crippen molar-refractivity contribution in [2.45, 2.75) is 39.5 Å². The molecule has 0 spiro atoms. The summed E-state index contributed by atoms with van der Waals surface area (Å²) in [5.41, 5.74) is 4.40. The van der Waals surface area contributed by atoms with Gasteiger partial charge in [0.2, 0.25) is 0 Å². The van der Waals surface area contributed by atoms with Crippen LogP contribution in [-0.2, 0) is 0 Å². The molecule has 0 aliphatic heterocycles. The fourth-order valence-electron chi connectivity index (χ4n) is 2.16. The second kappa shape index (κ2) is 11.0. The van der Waals surface area contributed by atoms with Crippen molar-refractivity contribution in [1.29, 1.82) is 0 Å². The number of unbranched alkanes of at least 4 members (excludes halogenated alkanes) is 3. The average Bonchev–Trinajstić information content (AvgIpc) is 3.10. The molecule has 2 heterocycles. The highest BCUT2D eigenvalue weighted by molar-refractivity contribution is 5.81. The molecule has 3 aromatic rings. The predicted molar refractivity (Wildman–Crippen MR) is 99.0 cm³/mol. The maximum Gasteiger partial charge on any atom is 0.0931 e. The van der Waals surface area contributed by atoms with Crippen molar-refractivity contribution < 1.29 is 0 Å². The van der Waals surface area contributed by atoms with E-state index in [9.17, 15) is 0 Å². The van der Waals surface area contributed by atoms with E-state index in [0.717, 1.165) is 11.0 Å². The number of terminal acetylenes is 1. The summed E-state index contributed by atoms with van der Waals surface area (Å²) in [6, 6.07) is 10.2. The minimum atomic E-state index is 0.993. The van der Waals surface area contributed by atoms with Gasteiger partial charge >= 0.3 is 0 Å². The lowest BCUT2D eigenvalue weighted by atomic mass is 10.1. The Morgan fingerprint density at radius 3 is 2.17 bits per heavy atom. The number of nitrogens with one attached hydrogen (secondary N) is 1. The van der Waals surface area contributed by atoms with E-state index in [4.69, 9.17) is 0 Å². The number of H-pyrrole nitrogens is 1. The number of imidazole rings is 1. The molecule has 0 unspecified atom stereocenters. The highest BCUT2D eigenvalue weighted by atomic mass is 14.9. The third-order valence-electron chi connectivity index (χ3n) is 3.39. The highest BCUT2D eigenvalue weighted by Crippen LogP contribution is 2.21. The van der Waals surface area contributed by atoms with Crippen LogP contribution in [0.15, 0.2) is 49.1 Å². The van der Waals surface area contributed by atoms with Crippen LogP contribution < -0.4 is 0 Å². The van der Waals surface area contributed by atoms with Gasteiger partial charge in [0.15, 0.2) is 0 Å². The van der Waals surface area contributed by atoms with Crippen LogP contribution >= 0.6 is 0 Å². The van der Waals surface area contributed by atoms with Crippen molar-refractivity contribution >= 4 is 11.0 Å². The summed E-state index contributed by atoms with van der Waals surface area (Å²) >= 11 is 0. The number of hydrogen-bond donors (Lipinski definition) is 1. The normalized spacial score (nSPS) is 9.39. The van der Waals surface area contributed by atoms with Gasteiger partial charge in [0, 0.05) is 12.4 Å². The molecule has 3 heteroatoms. The summed E-state index contributed by atoms with van der Waals surface area (Å²) in [5, 5.41) is 0. The quantitative estimate of drug-likeness (QED) is 0.513. The molecule has 0 aliphatic carbocycles. The van der Waals surface area contributed by atoms with Crippen LogP contribution in [0.1, 0.15) is 39.5 Å². The second-order valence-corrected chi connectivity index (χ2v) is 5.08. The number of benzene rings is 1. The fourth-order valence-corrected chi connectivity index (χ4v) is 2.16. The number of hydrogen-bond acceptors (Lipinski definition) is 2. The van der Waals surface area contributed by atoms with Crippen LogP contribution in [0, 0.1) is 12.8 Å². The Kier molecular flexibility index (Phi) is 8.85. The van der Waals surface area contributed by atoms with Gasteiger partial charge in [-0.05, 0) is 35.4 Å². The van der Waals surface area contributed by atoms with Crippen LogP contribution in [0.2, 0.25) is 0 Å². The van der Waals surface area contributed by atoms with Crippen LogP contribution in [0.25, 0.3) is 22.2 Å². The highest BCUT2D eigenvalue weighted by Gasteiger charge is 1.99. The van der Waals surface area contributed by atoms with Gasteiger partial charge in [0.05, 0.1) is 17.4 Å². The van der Waals surface area contributed by atoms with Gasteiger partial charge in [-0.2, -0.15) is 0 Å². The van der Waals surface area contributed by atoms with Crippen LogP contribution in [0.4, 0.5) is 0 Å². The summed E-state index contributed by atoms with van der Waals surface area (Å²) in [6.45, 7) is 4.46. The number of fused-ring (bicyclic) bond motifs is 1. The summed E-state index contributed by atoms with van der Waals surface area (Å²) in [7, 11) is 0. The maximum absolute atomic E-state index is 4.19. The molecule has 3 nitrogen and oxygen atoms in total. The van der Waals surface area contributed by atoms with Crippen molar-refractivity contribution in [3.05, 3.63) is 49.1 Å².